The summed E-state index contributed by atoms with van der Waals surface area (Å²) >= 11 is 1.74. The lowest BCUT2D eigenvalue weighted by atomic mass is 9.90. The first-order valence-corrected chi connectivity index (χ1v) is 14.0. The zero-order valence-corrected chi connectivity index (χ0v) is 22.0. The molecular weight excluding hydrogens is 490 g/mol. The van der Waals surface area contributed by atoms with Gasteiger partial charge in [-0.05, 0) is 78.8 Å². The van der Waals surface area contributed by atoms with Crippen LogP contribution in [0.3, 0.4) is 0 Å². The van der Waals surface area contributed by atoms with Crippen molar-refractivity contribution in [2.24, 2.45) is 0 Å². The summed E-state index contributed by atoms with van der Waals surface area (Å²) in [7, 11) is 0. The number of fused-ring (bicyclic) bond motifs is 7. The van der Waals surface area contributed by atoms with E-state index in [0.29, 0.717) is 0 Å². The summed E-state index contributed by atoms with van der Waals surface area (Å²) < 4.78 is 1.22. The van der Waals surface area contributed by atoms with Gasteiger partial charge in [-0.25, -0.2) is 4.98 Å². The number of aromatic nitrogens is 1. The number of hydrogen-bond acceptors (Lipinski definition) is 2. The lowest BCUT2D eigenvalue weighted by Gasteiger charge is -2.13. The highest BCUT2D eigenvalue weighted by atomic mass is 32.1. The number of thiazole rings is 1. The Labute approximate surface area is 230 Å². The van der Waals surface area contributed by atoms with Gasteiger partial charge in [0, 0.05) is 5.56 Å². The second kappa shape index (κ2) is 8.90. The molecule has 0 aliphatic rings. The summed E-state index contributed by atoms with van der Waals surface area (Å²) in [4.78, 5) is 4.83. The summed E-state index contributed by atoms with van der Waals surface area (Å²) in [5.41, 5.74) is 7.15. The summed E-state index contributed by atoms with van der Waals surface area (Å²) in [6.45, 7) is 0. The number of para-hydroxylation sites is 1. The van der Waals surface area contributed by atoms with Gasteiger partial charge >= 0.3 is 0 Å². The van der Waals surface area contributed by atoms with Crippen molar-refractivity contribution in [2.45, 2.75) is 0 Å². The van der Waals surface area contributed by atoms with Crippen LogP contribution < -0.4 is 0 Å². The van der Waals surface area contributed by atoms with Crippen molar-refractivity contribution >= 4 is 53.9 Å². The average Bonchev–Trinajstić information content (AvgIpc) is 3.46. The van der Waals surface area contributed by atoms with E-state index in [2.05, 4.69) is 133 Å². The van der Waals surface area contributed by atoms with Gasteiger partial charge < -0.3 is 0 Å². The SMILES string of the molecule is c1ccc(-c2ccc3c4ccc(-c5ccc(-c6nc7ccccc7s6)cc5)cc4c4ccccc4c3c2)cc1. The van der Waals surface area contributed by atoms with E-state index in [1.807, 2.05) is 6.07 Å². The monoisotopic (exact) mass is 513 g/mol. The first-order chi connectivity index (χ1) is 19.3. The Hall–Kier alpha value is -4.79. The number of hydrogen-bond donors (Lipinski definition) is 0. The van der Waals surface area contributed by atoms with Gasteiger partial charge in [-0.15, -0.1) is 11.3 Å². The molecular formula is C37H23NS. The molecule has 182 valence electrons. The van der Waals surface area contributed by atoms with Crippen LogP contribution in [0.15, 0.2) is 140 Å². The normalized spacial score (nSPS) is 11.6. The van der Waals surface area contributed by atoms with Crippen LogP contribution >= 0.6 is 11.3 Å². The second-order valence-corrected chi connectivity index (χ2v) is 11.0. The molecule has 0 saturated carbocycles. The molecule has 0 spiro atoms. The first kappa shape index (κ1) is 22.2. The van der Waals surface area contributed by atoms with E-state index < -0.39 is 0 Å². The van der Waals surface area contributed by atoms with Gasteiger partial charge in [0.25, 0.3) is 0 Å². The van der Waals surface area contributed by atoms with E-state index in [4.69, 9.17) is 4.98 Å². The molecule has 0 fully saturated rings. The van der Waals surface area contributed by atoms with Crippen molar-refractivity contribution in [3.8, 4) is 32.8 Å². The number of benzene rings is 7. The van der Waals surface area contributed by atoms with Crippen LogP contribution in [0.25, 0.3) is 75.4 Å². The standard InChI is InChI=1S/C37H23NS/c1-2-8-24(9-3-1)27-18-20-31-32-21-19-28(23-34(32)30-11-5-4-10-29(30)33(31)22-27)25-14-16-26(17-15-25)37-38-35-12-6-7-13-36(35)39-37/h1-23H. The Balaban J connectivity index is 1.26. The summed E-state index contributed by atoms with van der Waals surface area (Å²) in [5, 5.41) is 8.82. The fraction of sp³-hybridized carbons (Fsp3) is 0. The third kappa shape index (κ3) is 3.72. The molecule has 2 heteroatoms. The molecule has 0 unspecified atom stereocenters. The topological polar surface area (TPSA) is 12.9 Å². The molecule has 0 N–H and O–H groups in total. The van der Waals surface area contributed by atoms with Crippen molar-refractivity contribution in [1.82, 2.24) is 4.98 Å². The fourth-order valence-corrected chi connectivity index (χ4v) is 6.72. The molecule has 0 radical (unpaired) electrons. The summed E-state index contributed by atoms with van der Waals surface area (Å²) in [6, 6.07) is 50.4. The van der Waals surface area contributed by atoms with Gasteiger partial charge in [0.1, 0.15) is 5.01 Å². The molecule has 8 rings (SSSR count). The molecule has 0 aliphatic heterocycles. The average molecular weight is 514 g/mol. The molecule has 1 aromatic heterocycles. The van der Waals surface area contributed by atoms with Crippen LogP contribution in [0.1, 0.15) is 0 Å². The highest BCUT2D eigenvalue weighted by Gasteiger charge is 2.12. The Kier molecular flexibility index (Phi) is 5.07. The fourth-order valence-electron chi connectivity index (χ4n) is 5.75. The van der Waals surface area contributed by atoms with Crippen molar-refractivity contribution < 1.29 is 0 Å². The molecule has 8 aromatic rings. The van der Waals surface area contributed by atoms with Crippen LogP contribution in [0.5, 0.6) is 0 Å². The van der Waals surface area contributed by atoms with E-state index in [-0.39, 0.29) is 0 Å². The maximum Gasteiger partial charge on any atom is 0.124 e. The summed E-state index contributed by atoms with van der Waals surface area (Å²) in [6.07, 6.45) is 0. The van der Waals surface area contributed by atoms with Crippen molar-refractivity contribution in [2.75, 3.05) is 0 Å². The minimum absolute atomic E-state index is 1.06. The predicted molar refractivity (Wildman–Crippen MR) is 168 cm³/mol. The van der Waals surface area contributed by atoms with Crippen LogP contribution in [0, 0.1) is 0 Å². The van der Waals surface area contributed by atoms with E-state index in [0.717, 1.165) is 16.1 Å². The molecule has 39 heavy (non-hydrogen) atoms. The Morgan fingerprint density at radius 2 is 0.846 bits per heavy atom. The maximum absolute atomic E-state index is 4.83. The van der Waals surface area contributed by atoms with E-state index in [9.17, 15) is 0 Å². The smallest absolute Gasteiger partial charge is 0.124 e. The minimum Gasteiger partial charge on any atom is -0.236 e. The van der Waals surface area contributed by atoms with Gasteiger partial charge in [0.05, 0.1) is 10.2 Å². The second-order valence-electron chi connectivity index (χ2n) is 10.00. The highest BCUT2D eigenvalue weighted by molar-refractivity contribution is 7.21. The van der Waals surface area contributed by atoms with Crippen molar-refractivity contribution in [3.63, 3.8) is 0 Å². The third-order valence-corrected chi connectivity index (χ3v) is 8.79. The Morgan fingerprint density at radius 3 is 1.49 bits per heavy atom. The lowest BCUT2D eigenvalue weighted by Crippen LogP contribution is -1.86. The quantitative estimate of drug-likeness (QED) is 0.214. The van der Waals surface area contributed by atoms with Gasteiger partial charge in [0.15, 0.2) is 0 Å². The molecule has 7 aromatic carbocycles. The van der Waals surface area contributed by atoms with Crippen LogP contribution in [0.2, 0.25) is 0 Å². The molecule has 0 atom stereocenters. The molecule has 1 heterocycles. The maximum atomic E-state index is 4.83. The van der Waals surface area contributed by atoms with E-state index in [1.54, 1.807) is 11.3 Å². The van der Waals surface area contributed by atoms with Crippen LogP contribution in [-0.2, 0) is 0 Å². The van der Waals surface area contributed by atoms with Crippen molar-refractivity contribution in [1.29, 1.82) is 0 Å². The molecule has 0 aliphatic carbocycles. The van der Waals surface area contributed by atoms with Gasteiger partial charge in [0.2, 0.25) is 0 Å². The Bertz CT molecular complexity index is 2100. The van der Waals surface area contributed by atoms with Crippen LogP contribution in [0.4, 0.5) is 0 Å². The zero-order valence-electron chi connectivity index (χ0n) is 21.1. The number of rotatable bonds is 3. The molecule has 0 amide bonds. The van der Waals surface area contributed by atoms with Gasteiger partial charge in [-0.1, -0.05) is 115 Å². The molecule has 0 bridgehead atoms. The van der Waals surface area contributed by atoms with Crippen LogP contribution in [-0.4, -0.2) is 4.98 Å². The predicted octanol–water partition coefficient (Wildman–Crippen LogP) is 10.8. The zero-order chi connectivity index (χ0) is 25.8. The minimum atomic E-state index is 1.06. The molecule has 1 nitrogen and oxygen atoms in total. The molecule has 0 saturated heterocycles. The third-order valence-electron chi connectivity index (χ3n) is 7.70. The highest BCUT2D eigenvalue weighted by Crippen LogP contribution is 2.39. The van der Waals surface area contributed by atoms with Crippen molar-refractivity contribution in [3.05, 3.63) is 140 Å². The largest absolute Gasteiger partial charge is 0.236 e. The van der Waals surface area contributed by atoms with Gasteiger partial charge in [-0.3, -0.25) is 0 Å². The van der Waals surface area contributed by atoms with E-state index in [1.165, 1.54) is 59.3 Å². The van der Waals surface area contributed by atoms with Gasteiger partial charge in [-0.2, -0.15) is 0 Å². The number of nitrogens with zero attached hydrogens (tertiary/aromatic N) is 1. The first-order valence-electron chi connectivity index (χ1n) is 13.2. The Morgan fingerprint density at radius 1 is 0.359 bits per heavy atom. The van der Waals surface area contributed by atoms with E-state index >= 15 is 0 Å². The summed E-state index contributed by atoms with van der Waals surface area (Å²) in [5.74, 6) is 0. The lowest BCUT2D eigenvalue weighted by molar-refractivity contribution is 1.48.